The largest absolute Gasteiger partial charge is 0.511 e. The maximum absolute atomic E-state index is 12.6. The van der Waals surface area contributed by atoms with Crippen molar-refractivity contribution in [3.05, 3.63) is 16.1 Å². The molecule has 0 aliphatic carbocycles. The van der Waals surface area contributed by atoms with Crippen molar-refractivity contribution in [1.82, 2.24) is 19.9 Å². The molecule has 1 aliphatic heterocycles. The molecule has 27 heavy (non-hydrogen) atoms. The van der Waals surface area contributed by atoms with Gasteiger partial charge in [0.2, 0.25) is 0 Å². The van der Waals surface area contributed by atoms with E-state index in [4.69, 9.17) is 0 Å². The first-order valence-corrected chi connectivity index (χ1v) is 10.9. The molecule has 0 spiro atoms. The van der Waals surface area contributed by atoms with Crippen molar-refractivity contribution in [1.29, 1.82) is 0 Å². The summed E-state index contributed by atoms with van der Waals surface area (Å²) in [6, 6.07) is 0. The summed E-state index contributed by atoms with van der Waals surface area (Å²) in [5, 5.41) is 7.23. The molecule has 0 atom stereocenters. The van der Waals surface area contributed by atoms with Crippen LogP contribution in [0.3, 0.4) is 0 Å². The van der Waals surface area contributed by atoms with Crippen LogP contribution < -0.4 is 10.6 Å². The number of piperidine rings is 1. The third-order valence-electron chi connectivity index (χ3n) is 4.34. The van der Waals surface area contributed by atoms with Gasteiger partial charge in [-0.05, 0) is 25.2 Å². The summed E-state index contributed by atoms with van der Waals surface area (Å²) in [6.07, 6.45) is 3.52. The van der Waals surface area contributed by atoms with Crippen LogP contribution in [0.1, 0.15) is 29.7 Å². The lowest BCUT2D eigenvalue weighted by Crippen LogP contribution is -2.47. The zero-order valence-corrected chi connectivity index (χ0v) is 16.8. The number of halogens is 3. The van der Waals surface area contributed by atoms with Gasteiger partial charge >= 0.3 is 15.5 Å². The molecule has 0 unspecified atom stereocenters. The summed E-state index contributed by atoms with van der Waals surface area (Å²) in [5.74, 6) is 0.656. The van der Waals surface area contributed by atoms with Gasteiger partial charge in [-0.15, -0.1) is 11.3 Å². The fourth-order valence-corrected chi connectivity index (χ4v) is 4.50. The fraction of sp³-hybridized carbons (Fsp3) is 0.733. The van der Waals surface area contributed by atoms with E-state index in [0.29, 0.717) is 36.2 Å². The number of nitrogens with one attached hydrogen (secondary N) is 2. The number of guanidine groups is 1. The SMILES string of the molecule is CCc1cnc(CNC(=NC)NCC2CCN(S(=O)(=O)C(F)(F)F)CC2)s1. The highest BCUT2D eigenvalue weighted by molar-refractivity contribution is 7.90. The van der Waals surface area contributed by atoms with E-state index in [1.807, 2.05) is 6.20 Å². The molecule has 1 aromatic heterocycles. The Bertz CT molecular complexity index is 741. The molecule has 2 heterocycles. The summed E-state index contributed by atoms with van der Waals surface area (Å²) in [5.41, 5.74) is -5.24. The quantitative estimate of drug-likeness (QED) is 0.535. The highest BCUT2D eigenvalue weighted by atomic mass is 32.2. The molecule has 1 fully saturated rings. The Labute approximate surface area is 161 Å². The van der Waals surface area contributed by atoms with E-state index in [2.05, 4.69) is 27.5 Å². The predicted octanol–water partition coefficient (Wildman–Crippen LogP) is 1.93. The zero-order chi connectivity index (χ0) is 20.1. The molecule has 154 valence electrons. The van der Waals surface area contributed by atoms with E-state index < -0.39 is 15.5 Å². The number of hydrogen-bond acceptors (Lipinski definition) is 5. The van der Waals surface area contributed by atoms with Gasteiger partial charge in [0.25, 0.3) is 0 Å². The van der Waals surface area contributed by atoms with Crippen LogP contribution in [0.5, 0.6) is 0 Å². The van der Waals surface area contributed by atoms with Crippen molar-refractivity contribution in [3.63, 3.8) is 0 Å². The number of alkyl halides is 3. The van der Waals surface area contributed by atoms with Gasteiger partial charge in [0.05, 0.1) is 6.54 Å². The van der Waals surface area contributed by atoms with Crippen LogP contribution in [0.25, 0.3) is 0 Å². The minimum Gasteiger partial charge on any atom is -0.356 e. The van der Waals surface area contributed by atoms with E-state index in [9.17, 15) is 21.6 Å². The Hall–Kier alpha value is -1.40. The van der Waals surface area contributed by atoms with Crippen molar-refractivity contribution in [2.45, 2.75) is 38.2 Å². The van der Waals surface area contributed by atoms with E-state index in [0.717, 1.165) is 11.4 Å². The normalized spacial score (nSPS) is 17.9. The number of aromatic nitrogens is 1. The Morgan fingerprint density at radius 2 is 2.04 bits per heavy atom. The molecule has 0 saturated carbocycles. The standard InChI is InChI=1S/C15H24F3N5O2S2/c1-3-12-9-20-13(26-12)10-22-14(19-2)21-8-11-4-6-23(7-5-11)27(24,25)15(16,17)18/h9,11H,3-8,10H2,1-2H3,(H2,19,21,22). The highest BCUT2D eigenvalue weighted by Gasteiger charge is 2.50. The molecule has 12 heteroatoms. The van der Waals surface area contributed by atoms with Gasteiger partial charge in [0.1, 0.15) is 5.01 Å². The van der Waals surface area contributed by atoms with Crippen LogP contribution in [-0.4, -0.2) is 55.9 Å². The molecule has 0 aromatic carbocycles. The van der Waals surface area contributed by atoms with Crippen LogP contribution in [0.4, 0.5) is 13.2 Å². The summed E-state index contributed by atoms with van der Waals surface area (Å²) in [6.45, 7) is 2.86. The Balaban J connectivity index is 1.76. The molecule has 0 bridgehead atoms. The number of rotatable bonds is 6. The molecule has 2 N–H and O–H groups in total. The first-order valence-electron chi connectivity index (χ1n) is 8.62. The van der Waals surface area contributed by atoms with Gasteiger partial charge in [-0.3, -0.25) is 4.99 Å². The van der Waals surface area contributed by atoms with Crippen molar-refractivity contribution < 1.29 is 21.6 Å². The zero-order valence-electron chi connectivity index (χ0n) is 15.2. The van der Waals surface area contributed by atoms with Crippen LogP contribution >= 0.6 is 11.3 Å². The molecule has 1 saturated heterocycles. The van der Waals surface area contributed by atoms with Gasteiger partial charge in [0, 0.05) is 37.8 Å². The van der Waals surface area contributed by atoms with E-state index in [-0.39, 0.29) is 19.0 Å². The van der Waals surface area contributed by atoms with Crippen LogP contribution in [0.2, 0.25) is 0 Å². The van der Waals surface area contributed by atoms with Gasteiger partial charge in [-0.25, -0.2) is 13.4 Å². The third kappa shape index (κ3) is 5.79. The lowest BCUT2D eigenvalue weighted by Gasteiger charge is -2.31. The number of hydrogen-bond donors (Lipinski definition) is 2. The minimum atomic E-state index is -5.24. The maximum atomic E-state index is 12.6. The molecule has 0 amide bonds. The summed E-state index contributed by atoms with van der Waals surface area (Å²) in [4.78, 5) is 9.63. The third-order valence-corrected chi connectivity index (χ3v) is 7.12. The number of thiazole rings is 1. The van der Waals surface area contributed by atoms with Gasteiger partial charge in [0.15, 0.2) is 5.96 Å². The van der Waals surface area contributed by atoms with Crippen molar-refractivity contribution >= 4 is 27.3 Å². The fourth-order valence-electron chi connectivity index (χ4n) is 2.71. The predicted molar refractivity (Wildman–Crippen MR) is 99.0 cm³/mol. The highest BCUT2D eigenvalue weighted by Crippen LogP contribution is 2.30. The van der Waals surface area contributed by atoms with Crippen LogP contribution in [0.15, 0.2) is 11.2 Å². The average Bonchev–Trinajstić information content (AvgIpc) is 3.09. The molecule has 1 aromatic rings. The number of nitrogens with zero attached hydrogens (tertiary/aromatic N) is 3. The van der Waals surface area contributed by atoms with Crippen molar-refractivity contribution in [2.24, 2.45) is 10.9 Å². The van der Waals surface area contributed by atoms with Crippen LogP contribution in [0, 0.1) is 5.92 Å². The second-order valence-corrected chi connectivity index (χ2v) is 9.30. The lowest BCUT2D eigenvalue weighted by atomic mass is 9.98. The van der Waals surface area contributed by atoms with Gasteiger partial charge in [-0.2, -0.15) is 17.5 Å². The summed E-state index contributed by atoms with van der Waals surface area (Å²) in [7, 11) is -3.60. The Morgan fingerprint density at radius 3 is 2.56 bits per heavy atom. The number of aryl methyl sites for hydroxylation is 1. The molecule has 2 rings (SSSR count). The maximum Gasteiger partial charge on any atom is 0.511 e. The number of aliphatic imine (C=N–C) groups is 1. The molecular formula is C15H24F3N5O2S2. The van der Waals surface area contributed by atoms with E-state index in [1.54, 1.807) is 18.4 Å². The molecule has 1 aliphatic rings. The Morgan fingerprint density at radius 1 is 1.37 bits per heavy atom. The monoisotopic (exact) mass is 427 g/mol. The summed E-state index contributed by atoms with van der Waals surface area (Å²) >= 11 is 1.63. The molecule has 7 nitrogen and oxygen atoms in total. The van der Waals surface area contributed by atoms with Gasteiger partial charge in [-0.1, -0.05) is 6.92 Å². The smallest absolute Gasteiger partial charge is 0.356 e. The van der Waals surface area contributed by atoms with E-state index >= 15 is 0 Å². The topological polar surface area (TPSA) is 86.7 Å². The first kappa shape index (κ1) is 21.9. The second kappa shape index (κ2) is 9.20. The van der Waals surface area contributed by atoms with Crippen molar-refractivity contribution in [3.8, 4) is 0 Å². The molecule has 0 radical (unpaired) electrons. The Kier molecular flexibility index (Phi) is 7.46. The molecular weight excluding hydrogens is 403 g/mol. The lowest BCUT2D eigenvalue weighted by molar-refractivity contribution is -0.0496. The van der Waals surface area contributed by atoms with Crippen LogP contribution in [-0.2, 0) is 23.0 Å². The second-order valence-electron chi connectivity index (χ2n) is 6.17. The summed E-state index contributed by atoms with van der Waals surface area (Å²) < 4.78 is 61.1. The number of sulfonamides is 1. The first-order chi connectivity index (χ1) is 12.7. The van der Waals surface area contributed by atoms with E-state index in [1.165, 1.54) is 4.88 Å². The van der Waals surface area contributed by atoms with Crippen molar-refractivity contribution in [2.75, 3.05) is 26.7 Å². The minimum absolute atomic E-state index is 0.0785. The average molecular weight is 428 g/mol. The van der Waals surface area contributed by atoms with Gasteiger partial charge < -0.3 is 10.6 Å².